The van der Waals surface area contributed by atoms with Gasteiger partial charge in [0.15, 0.2) is 0 Å². The first-order valence-corrected chi connectivity index (χ1v) is 6.72. The summed E-state index contributed by atoms with van der Waals surface area (Å²) in [6.45, 7) is 2.06. The van der Waals surface area contributed by atoms with Crippen molar-refractivity contribution in [3.8, 4) is 11.4 Å². The van der Waals surface area contributed by atoms with Crippen molar-refractivity contribution in [2.45, 2.75) is 6.92 Å². The number of aryl methyl sites for hydroxylation is 1. The number of benzene rings is 2. The highest BCUT2D eigenvalue weighted by Gasteiger charge is 2.08. The Morgan fingerprint density at radius 1 is 1.22 bits per heavy atom. The van der Waals surface area contributed by atoms with E-state index < -0.39 is 0 Å². The maximum Gasteiger partial charge on any atom is 0.138 e. The quantitative estimate of drug-likeness (QED) is 0.674. The van der Waals surface area contributed by atoms with Gasteiger partial charge in [0.2, 0.25) is 0 Å². The van der Waals surface area contributed by atoms with Crippen molar-refractivity contribution in [1.82, 2.24) is 9.97 Å². The summed E-state index contributed by atoms with van der Waals surface area (Å²) in [5.74, 6) is 0.836. The van der Waals surface area contributed by atoms with E-state index in [1.54, 1.807) is 0 Å². The Bertz CT molecular complexity index is 713. The van der Waals surface area contributed by atoms with E-state index in [0.29, 0.717) is 5.02 Å². The maximum atomic E-state index is 6.06. The molecule has 0 amide bonds. The minimum atomic E-state index is 0.691. The molecule has 1 N–H and O–H groups in total. The summed E-state index contributed by atoms with van der Waals surface area (Å²) < 4.78 is 0.946. The number of hydrogen-bond donors (Lipinski definition) is 1. The Labute approximate surface area is 118 Å². The predicted molar refractivity (Wildman–Crippen MR) is 79.0 cm³/mol. The van der Waals surface area contributed by atoms with Crippen LogP contribution in [-0.2, 0) is 0 Å². The lowest BCUT2D eigenvalue weighted by Gasteiger charge is -1.99. The van der Waals surface area contributed by atoms with Gasteiger partial charge in [-0.15, -0.1) is 0 Å². The third-order valence-electron chi connectivity index (χ3n) is 2.85. The molecule has 2 nitrogen and oxygen atoms in total. The first-order chi connectivity index (χ1) is 8.63. The van der Waals surface area contributed by atoms with Crippen LogP contribution in [0.4, 0.5) is 0 Å². The molecule has 0 unspecified atom stereocenters. The van der Waals surface area contributed by atoms with Gasteiger partial charge in [-0.3, -0.25) is 0 Å². The van der Waals surface area contributed by atoms with Gasteiger partial charge >= 0.3 is 0 Å². The van der Waals surface area contributed by atoms with E-state index in [9.17, 15) is 0 Å². The molecule has 4 heteroatoms. The van der Waals surface area contributed by atoms with E-state index >= 15 is 0 Å². The molecular formula is C14H10BrClN2. The molecule has 1 aromatic heterocycles. The zero-order chi connectivity index (χ0) is 12.7. The molecule has 0 saturated heterocycles. The second kappa shape index (κ2) is 4.41. The SMILES string of the molecule is Cc1cccc2[nH]c(-c3cc(Cl)cc(Br)c3)nc12. The molecule has 0 saturated carbocycles. The molecule has 3 aromatic rings. The van der Waals surface area contributed by atoms with Crippen LogP contribution in [0.5, 0.6) is 0 Å². The third kappa shape index (κ3) is 2.04. The fraction of sp³-hybridized carbons (Fsp3) is 0.0714. The number of imidazole rings is 1. The van der Waals surface area contributed by atoms with E-state index in [1.165, 1.54) is 0 Å². The van der Waals surface area contributed by atoms with E-state index in [0.717, 1.165) is 32.5 Å². The molecule has 18 heavy (non-hydrogen) atoms. The summed E-state index contributed by atoms with van der Waals surface area (Å²) in [6.07, 6.45) is 0. The van der Waals surface area contributed by atoms with Gasteiger partial charge in [-0.05, 0) is 36.8 Å². The monoisotopic (exact) mass is 320 g/mol. The Morgan fingerprint density at radius 3 is 2.78 bits per heavy atom. The molecule has 0 atom stereocenters. The molecule has 0 radical (unpaired) electrons. The highest BCUT2D eigenvalue weighted by atomic mass is 79.9. The van der Waals surface area contributed by atoms with Crippen LogP contribution in [0.15, 0.2) is 40.9 Å². The fourth-order valence-electron chi connectivity index (χ4n) is 2.00. The summed E-state index contributed by atoms with van der Waals surface area (Å²) >= 11 is 9.50. The Hall–Kier alpha value is -1.32. The summed E-state index contributed by atoms with van der Waals surface area (Å²) in [5, 5.41) is 0.691. The van der Waals surface area contributed by atoms with Crippen LogP contribution in [0, 0.1) is 6.92 Å². The minimum absolute atomic E-state index is 0.691. The lowest BCUT2D eigenvalue weighted by Crippen LogP contribution is -1.81. The topological polar surface area (TPSA) is 28.7 Å². The number of rotatable bonds is 1. The van der Waals surface area contributed by atoms with Crippen molar-refractivity contribution in [3.05, 3.63) is 51.5 Å². The number of fused-ring (bicyclic) bond motifs is 1. The van der Waals surface area contributed by atoms with Crippen molar-refractivity contribution in [1.29, 1.82) is 0 Å². The lowest BCUT2D eigenvalue weighted by atomic mass is 10.2. The number of nitrogens with one attached hydrogen (secondary N) is 1. The summed E-state index contributed by atoms with van der Waals surface area (Å²) in [5.41, 5.74) is 4.19. The smallest absolute Gasteiger partial charge is 0.138 e. The van der Waals surface area contributed by atoms with Crippen molar-refractivity contribution >= 4 is 38.6 Å². The van der Waals surface area contributed by atoms with E-state index in [-0.39, 0.29) is 0 Å². The number of para-hydroxylation sites is 1. The summed E-state index contributed by atoms with van der Waals surface area (Å²) in [6, 6.07) is 11.9. The molecule has 90 valence electrons. The van der Waals surface area contributed by atoms with Gasteiger partial charge < -0.3 is 4.98 Å². The van der Waals surface area contributed by atoms with Gasteiger partial charge in [0, 0.05) is 15.1 Å². The Balaban J connectivity index is 2.22. The van der Waals surface area contributed by atoms with Gasteiger partial charge in [-0.1, -0.05) is 39.7 Å². The van der Waals surface area contributed by atoms with Crippen molar-refractivity contribution < 1.29 is 0 Å². The Morgan fingerprint density at radius 2 is 2.06 bits per heavy atom. The average Bonchev–Trinajstić information content (AvgIpc) is 2.73. The first-order valence-electron chi connectivity index (χ1n) is 5.55. The van der Waals surface area contributed by atoms with Crippen LogP contribution >= 0.6 is 27.5 Å². The number of aromatic nitrogens is 2. The van der Waals surface area contributed by atoms with Gasteiger partial charge in [-0.2, -0.15) is 0 Å². The number of nitrogens with zero attached hydrogens (tertiary/aromatic N) is 1. The van der Waals surface area contributed by atoms with Crippen molar-refractivity contribution in [3.63, 3.8) is 0 Å². The lowest BCUT2D eigenvalue weighted by molar-refractivity contribution is 1.33. The number of hydrogen-bond acceptors (Lipinski definition) is 1. The van der Waals surface area contributed by atoms with Crippen LogP contribution in [-0.4, -0.2) is 9.97 Å². The fourth-order valence-corrected chi connectivity index (χ4v) is 2.86. The molecule has 1 heterocycles. The second-order valence-corrected chi connectivity index (χ2v) is 5.57. The predicted octanol–water partition coefficient (Wildman–Crippen LogP) is 4.95. The maximum absolute atomic E-state index is 6.06. The largest absolute Gasteiger partial charge is 0.338 e. The molecule has 0 spiro atoms. The van der Waals surface area contributed by atoms with Crippen molar-refractivity contribution in [2.75, 3.05) is 0 Å². The van der Waals surface area contributed by atoms with Crippen LogP contribution in [0.2, 0.25) is 5.02 Å². The Kier molecular flexibility index (Phi) is 2.88. The van der Waals surface area contributed by atoms with Crippen LogP contribution in [0.25, 0.3) is 22.4 Å². The summed E-state index contributed by atoms with van der Waals surface area (Å²) in [7, 11) is 0. The first kappa shape index (κ1) is 11.8. The molecule has 0 aliphatic carbocycles. The number of H-pyrrole nitrogens is 1. The average molecular weight is 322 g/mol. The van der Waals surface area contributed by atoms with Crippen LogP contribution in [0.1, 0.15) is 5.56 Å². The molecule has 2 aromatic carbocycles. The summed E-state index contributed by atoms with van der Waals surface area (Å²) in [4.78, 5) is 7.95. The van der Waals surface area contributed by atoms with E-state index in [2.05, 4.69) is 38.9 Å². The molecule has 3 rings (SSSR count). The van der Waals surface area contributed by atoms with Crippen LogP contribution < -0.4 is 0 Å². The normalized spacial score (nSPS) is 11.1. The minimum Gasteiger partial charge on any atom is -0.338 e. The standard InChI is InChI=1S/C14H10BrClN2/c1-8-3-2-4-12-13(8)18-14(17-12)9-5-10(15)7-11(16)6-9/h2-7H,1H3,(H,17,18). The number of aromatic amines is 1. The third-order valence-corrected chi connectivity index (χ3v) is 3.53. The highest BCUT2D eigenvalue weighted by molar-refractivity contribution is 9.10. The van der Waals surface area contributed by atoms with E-state index in [1.807, 2.05) is 30.3 Å². The van der Waals surface area contributed by atoms with Gasteiger partial charge in [0.25, 0.3) is 0 Å². The molecule has 0 aliphatic heterocycles. The zero-order valence-corrected chi connectivity index (χ0v) is 12.0. The van der Waals surface area contributed by atoms with Gasteiger partial charge in [-0.25, -0.2) is 4.98 Å². The van der Waals surface area contributed by atoms with Gasteiger partial charge in [0.05, 0.1) is 11.0 Å². The highest BCUT2D eigenvalue weighted by Crippen LogP contribution is 2.27. The molecule has 0 fully saturated rings. The van der Waals surface area contributed by atoms with Crippen molar-refractivity contribution in [2.24, 2.45) is 0 Å². The molecular weight excluding hydrogens is 312 g/mol. The van der Waals surface area contributed by atoms with Gasteiger partial charge in [0.1, 0.15) is 5.82 Å². The van der Waals surface area contributed by atoms with Crippen LogP contribution in [0.3, 0.4) is 0 Å². The molecule has 0 aliphatic rings. The second-order valence-electron chi connectivity index (χ2n) is 4.21. The van der Waals surface area contributed by atoms with E-state index in [4.69, 9.17) is 11.6 Å². The zero-order valence-electron chi connectivity index (χ0n) is 9.67. The number of halogens is 2. The molecule has 0 bridgehead atoms.